The normalized spacial score (nSPS) is 20.5. The van der Waals surface area contributed by atoms with E-state index in [0.717, 1.165) is 61.3 Å². The highest BCUT2D eigenvalue weighted by molar-refractivity contribution is 5.84. The molecule has 2 aromatic carbocycles. The van der Waals surface area contributed by atoms with Gasteiger partial charge in [-0.15, -0.1) is 0 Å². The first kappa shape index (κ1) is 41.9. The summed E-state index contributed by atoms with van der Waals surface area (Å²) in [4.78, 5) is 65.4. The van der Waals surface area contributed by atoms with Crippen LogP contribution in [0.4, 0.5) is 0 Å². The Bertz CT molecular complexity index is 1450. The summed E-state index contributed by atoms with van der Waals surface area (Å²) in [5.41, 5.74) is 2.02. The SMILES string of the molecule is CCC1CCC(=O)CN1.CN1CNC(=O)C1.O=C1CCCNC1.O=C1CCOc2ccccc2C1.O=C1CNCN1.O=C1COc2ccccc2C1. The minimum absolute atomic E-state index is 0.0926. The summed E-state index contributed by atoms with van der Waals surface area (Å²) in [5.74, 6) is 3.07. The number of hydrogen-bond acceptors (Lipinski definition) is 12. The van der Waals surface area contributed by atoms with Gasteiger partial charge in [0.2, 0.25) is 11.8 Å². The molecule has 4 saturated heterocycles. The molecule has 14 nitrogen and oxygen atoms in total. The van der Waals surface area contributed by atoms with Crippen molar-refractivity contribution in [3.63, 3.8) is 0 Å². The zero-order valence-electron chi connectivity index (χ0n) is 30.4. The van der Waals surface area contributed by atoms with E-state index >= 15 is 0 Å². The predicted molar refractivity (Wildman–Crippen MR) is 196 cm³/mol. The number of Topliss-reactive ketones (excluding diaryl/α,β-unsaturated/α-hetero) is 4. The third-order valence-electron chi connectivity index (χ3n) is 8.39. The van der Waals surface area contributed by atoms with E-state index in [9.17, 15) is 28.8 Å². The zero-order valence-corrected chi connectivity index (χ0v) is 30.4. The molecule has 0 saturated carbocycles. The molecule has 0 bridgehead atoms. The molecule has 4 fully saturated rings. The number of ketones is 4. The number of nitrogens with one attached hydrogen (secondary N) is 5. The van der Waals surface area contributed by atoms with Gasteiger partial charge in [-0.3, -0.25) is 39.0 Å². The van der Waals surface area contributed by atoms with Gasteiger partial charge in [-0.05, 0) is 45.0 Å². The second-order valence-corrected chi connectivity index (χ2v) is 12.9. The first-order valence-corrected chi connectivity index (χ1v) is 18.0. The van der Waals surface area contributed by atoms with Crippen molar-refractivity contribution < 1.29 is 38.2 Å². The number of fused-ring (bicyclic) bond motifs is 2. The molecular formula is C38H54N6O8. The Labute approximate surface area is 306 Å². The van der Waals surface area contributed by atoms with Gasteiger partial charge in [-0.25, -0.2) is 0 Å². The number of benzene rings is 2. The van der Waals surface area contributed by atoms with Crippen LogP contribution in [0.5, 0.6) is 11.5 Å². The lowest BCUT2D eigenvalue weighted by Crippen LogP contribution is -2.38. The Kier molecular flexibility index (Phi) is 19.2. The summed E-state index contributed by atoms with van der Waals surface area (Å²) in [5, 5.41) is 14.2. The van der Waals surface area contributed by atoms with Gasteiger partial charge < -0.3 is 30.7 Å². The fraction of sp³-hybridized carbons (Fsp3) is 0.526. The van der Waals surface area contributed by atoms with Crippen molar-refractivity contribution in [1.82, 2.24) is 31.5 Å². The number of carbonyl (C=O) groups excluding carboxylic acids is 6. The minimum atomic E-state index is 0.0926. The summed E-state index contributed by atoms with van der Waals surface area (Å²) in [6.45, 7) is 7.50. The van der Waals surface area contributed by atoms with Gasteiger partial charge in [0.05, 0.1) is 46.1 Å². The lowest BCUT2D eigenvalue weighted by molar-refractivity contribution is -0.121. The average molecular weight is 723 g/mol. The molecule has 14 heteroatoms. The highest BCUT2D eigenvalue weighted by Crippen LogP contribution is 2.22. The molecule has 6 aliphatic rings. The molecule has 1 atom stereocenters. The van der Waals surface area contributed by atoms with Crippen LogP contribution in [0.1, 0.15) is 56.6 Å². The number of amides is 2. The number of ether oxygens (including phenoxy) is 2. The molecule has 2 amide bonds. The van der Waals surface area contributed by atoms with E-state index in [4.69, 9.17) is 9.47 Å². The van der Waals surface area contributed by atoms with Gasteiger partial charge in [0.15, 0.2) is 5.78 Å². The lowest BCUT2D eigenvalue weighted by atomic mass is 10.0. The highest BCUT2D eigenvalue weighted by atomic mass is 16.5. The van der Waals surface area contributed by atoms with Crippen molar-refractivity contribution in [3.8, 4) is 11.5 Å². The predicted octanol–water partition coefficient (Wildman–Crippen LogP) is 1.10. The van der Waals surface area contributed by atoms with Crippen LogP contribution in [-0.2, 0) is 41.6 Å². The fourth-order valence-corrected chi connectivity index (χ4v) is 5.42. The summed E-state index contributed by atoms with van der Waals surface area (Å²) >= 11 is 0. The van der Waals surface area contributed by atoms with Crippen molar-refractivity contribution >= 4 is 34.9 Å². The van der Waals surface area contributed by atoms with E-state index in [1.54, 1.807) is 0 Å². The van der Waals surface area contributed by atoms with Crippen molar-refractivity contribution in [2.45, 2.75) is 64.3 Å². The number of para-hydroxylation sites is 2. The molecule has 0 spiro atoms. The van der Waals surface area contributed by atoms with E-state index in [0.29, 0.717) is 83.0 Å². The molecule has 8 rings (SSSR count). The number of nitrogens with zero attached hydrogens (tertiary/aromatic N) is 1. The third kappa shape index (κ3) is 17.1. The van der Waals surface area contributed by atoms with Crippen LogP contribution < -0.4 is 36.1 Å². The van der Waals surface area contributed by atoms with E-state index < -0.39 is 0 Å². The maximum absolute atomic E-state index is 11.2. The van der Waals surface area contributed by atoms with Crippen molar-refractivity contribution in [2.75, 3.05) is 66.3 Å². The highest BCUT2D eigenvalue weighted by Gasteiger charge is 2.16. The van der Waals surface area contributed by atoms with Crippen molar-refractivity contribution in [1.29, 1.82) is 0 Å². The van der Waals surface area contributed by atoms with Gasteiger partial charge >= 0.3 is 0 Å². The quantitative estimate of drug-likeness (QED) is 0.283. The standard InChI is InChI=1S/C10H10O2.C9H8O2.C7H13NO.C5H9NO.C4H8N2O.C3H6N2O/c11-9-5-6-12-10-4-2-1-3-8(10)7-9;10-8-5-7-3-1-2-4-9(7)11-6-8;1-2-6-3-4-7(9)5-8-6;7-5-2-1-3-6-4-5;1-6-2-4(7)5-3-6;6-3-1-4-2-5-3/h1-4H,5-7H2;1-4H,5-6H2;6,8H,2-5H2,1H3;6H,1-4H2;2-3H2,1H3,(H,5,7);4H,1-2H2,(H,5,6). The Hall–Kier alpha value is -4.50. The summed E-state index contributed by atoms with van der Waals surface area (Å²) in [6, 6.07) is 16.0. The number of likely N-dealkylation sites (N-methyl/N-ethyl adjacent to an activating group) is 1. The van der Waals surface area contributed by atoms with Gasteiger partial charge in [-0.2, -0.15) is 0 Å². The molecule has 6 heterocycles. The topological polar surface area (TPSA) is 184 Å². The maximum atomic E-state index is 11.2. The third-order valence-corrected chi connectivity index (χ3v) is 8.39. The molecule has 6 aliphatic heterocycles. The number of piperidine rings is 2. The number of rotatable bonds is 1. The molecule has 5 N–H and O–H groups in total. The van der Waals surface area contributed by atoms with Crippen LogP contribution in [0.2, 0.25) is 0 Å². The molecule has 0 aliphatic carbocycles. The van der Waals surface area contributed by atoms with E-state index in [1.807, 2.05) is 60.5 Å². The van der Waals surface area contributed by atoms with Crippen LogP contribution in [-0.4, -0.2) is 112 Å². The summed E-state index contributed by atoms with van der Waals surface area (Å²) < 4.78 is 10.6. The maximum Gasteiger partial charge on any atom is 0.235 e. The van der Waals surface area contributed by atoms with E-state index in [2.05, 4.69) is 33.5 Å². The largest absolute Gasteiger partial charge is 0.493 e. The van der Waals surface area contributed by atoms with Crippen LogP contribution in [0.3, 0.4) is 0 Å². The molecule has 284 valence electrons. The smallest absolute Gasteiger partial charge is 0.235 e. The number of hydrogen-bond donors (Lipinski definition) is 5. The minimum Gasteiger partial charge on any atom is -0.493 e. The second-order valence-electron chi connectivity index (χ2n) is 12.9. The first-order valence-electron chi connectivity index (χ1n) is 18.0. The fourth-order valence-electron chi connectivity index (χ4n) is 5.42. The van der Waals surface area contributed by atoms with Gasteiger partial charge in [0, 0.05) is 49.3 Å². The van der Waals surface area contributed by atoms with Crippen LogP contribution in [0.25, 0.3) is 0 Å². The zero-order chi connectivity index (χ0) is 37.6. The lowest BCUT2D eigenvalue weighted by Gasteiger charge is -2.20. The average Bonchev–Trinajstić information content (AvgIpc) is 3.74. The Morgan fingerprint density at radius 1 is 0.712 bits per heavy atom. The van der Waals surface area contributed by atoms with Crippen LogP contribution >= 0.6 is 0 Å². The van der Waals surface area contributed by atoms with Crippen molar-refractivity contribution in [2.24, 2.45) is 0 Å². The summed E-state index contributed by atoms with van der Waals surface area (Å²) in [7, 11) is 1.90. The first-order chi connectivity index (χ1) is 25.1. The molecule has 2 aromatic rings. The molecule has 0 radical (unpaired) electrons. The number of carbonyl (C=O) groups is 6. The van der Waals surface area contributed by atoms with Gasteiger partial charge in [-0.1, -0.05) is 43.3 Å². The Morgan fingerprint density at radius 2 is 1.38 bits per heavy atom. The van der Waals surface area contributed by atoms with E-state index in [-0.39, 0.29) is 30.0 Å². The Balaban J connectivity index is 0.000000171. The van der Waals surface area contributed by atoms with Gasteiger partial charge in [0.25, 0.3) is 0 Å². The van der Waals surface area contributed by atoms with Crippen LogP contribution in [0.15, 0.2) is 48.5 Å². The van der Waals surface area contributed by atoms with Crippen molar-refractivity contribution in [3.05, 3.63) is 59.7 Å². The summed E-state index contributed by atoms with van der Waals surface area (Å²) in [6.07, 6.45) is 6.36. The molecule has 1 unspecified atom stereocenters. The molecule has 0 aromatic heterocycles. The van der Waals surface area contributed by atoms with E-state index in [1.165, 1.54) is 0 Å². The second kappa shape index (κ2) is 23.9. The monoisotopic (exact) mass is 722 g/mol. The Morgan fingerprint density at radius 3 is 1.85 bits per heavy atom. The molecular weight excluding hydrogens is 668 g/mol. The van der Waals surface area contributed by atoms with Gasteiger partial charge in [0.1, 0.15) is 35.5 Å². The molecule has 52 heavy (non-hydrogen) atoms. The van der Waals surface area contributed by atoms with Crippen LogP contribution in [0, 0.1) is 0 Å².